The number of rotatable bonds is 14. The second-order valence-electron chi connectivity index (χ2n) is 24.9. The molecule has 0 spiro atoms. The predicted molar refractivity (Wildman–Crippen MR) is 344 cm³/mol. The third-order valence-electron chi connectivity index (χ3n) is 17.4. The number of nitrogens with one attached hydrogen (secondary N) is 7. The molecule has 5 aromatic rings. The molecule has 11 bridgehead atoms. The molecule has 2 fully saturated rings. The highest BCUT2D eigenvalue weighted by molar-refractivity contribution is 6.32. The highest BCUT2D eigenvalue weighted by Gasteiger charge is 2.52. The number of aldehydes is 1. The summed E-state index contributed by atoms with van der Waals surface area (Å²) in [6, 6.07) is -1.45. The molecule has 35 nitrogen and oxygen atoms in total. The number of primary amides is 1. The van der Waals surface area contributed by atoms with Gasteiger partial charge in [0.05, 0.1) is 29.1 Å². The third kappa shape index (κ3) is 15.6. The minimum atomic E-state index is -2.39. The zero-order chi connectivity index (χ0) is 74.2. The molecule has 546 valence electrons. The molecule has 0 saturated carbocycles. The highest BCUT2D eigenvalue weighted by atomic mass is 35.5. The number of carbonyl (C=O) groups is 9. The summed E-state index contributed by atoms with van der Waals surface area (Å²) in [5, 5.41) is 151. The Labute approximate surface area is 586 Å². The third-order valence-corrected chi connectivity index (χ3v) is 18.0. The van der Waals surface area contributed by atoms with Crippen molar-refractivity contribution in [1.29, 1.82) is 0 Å². The number of carbonyl (C=O) groups excluding carboxylic acids is 8. The van der Waals surface area contributed by atoms with Crippen LogP contribution in [0.2, 0.25) is 10.0 Å². The smallest absolute Gasteiger partial charge is 0.330 e. The van der Waals surface area contributed by atoms with Crippen molar-refractivity contribution in [2.75, 3.05) is 13.7 Å². The number of aliphatic hydroxyl groups excluding tert-OH is 8. The molecule has 0 unspecified atom stereocenters. The molecule has 2 saturated heterocycles. The van der Waals surface area contributed by atoms with Crippen LogP contribution in [0.3, 0.4) is 0 Å². The van der Waals surface area contributed by atoms with Crippen LogP contribution in [-0.4, -0.2) is 214 Å². The van der Waals surface area contributed by atoms with Crippen molar-refractivity contribution in [2.24, 2.45) is 11.7 Å². The lowest BCUT2D eigenvalue weighted by Crippen LogP contribution is -2.65. The van der Waals surface area contributed by atoms with Gasteiger partial charge in [0.2, 0.25) is 53.4 Å². The minimum absolute atomic E-state index is 0.0802. The average Bonchev–Trinajstić information content (AvgIpc) is 0.769. The first-order valence-corrected chi connectivity index (χ1v) is 32.0. The number of amides is 7. The molecular weight excluding hydrogens is 1400 g/mol. The molecule has 37 heteroatoms. The van der Waals surface area contributed by atoms with E-state index < -0.39 is 255 Å². The van der Waals surface area contributed by atoms with Crippen LogP contribution in [0.4, 0.5) is 0 Å². The summed E-state index contributed by atoms with van der Waals surface area (Å²) in [7, 11) is 1.45. The maximum atomic E-state index is 15.9. The maximum Gasteiger partial charge on any atom is 0.330 e. The fourth-order valence-corrected chi connectivity index (χ4v) is 12.6. The average molecular weight is 1470 g/mol. The van der Waals surface area contributed by atoms with Crippen LogP contribution in [0.1, 0.15) is 84.8 Å². The van der Waals surface area contributed by atoms with Gasteiger partial charge in [-0.15, -0.1) is 0 Å². The molecule has 7 aliphatic rings. The van der Waals surface area contributed by atoms with E-state index in [4.69, 9.17) is 57.4 Å². The quantitative estimate of drug-likeness (QED) is 0.0530. The van der Waals surface area contributed by atoms with Gasteiger partial charge >= 0.3 is 5.97 Å². The Morgan fingerprint density at radius 1 is 0.647 bits per heavy atom. The van der Waals surface area contributed by atoms with Gasteiger partial charge in [0, 0.05) is 22.8 Å². The van der Waals surface area contributed by atoms with E-state index in [1.807, 2.05) is 0 Å². The lowest BCUT2D eigenvalue weighted by atomic mass is 9.89. The summed E-state index contributed by atoms with van der Waals surface area (Å²) < 4.78 is 36.4. The molecule has 19 atom stereocenters. The fraction of sp³-hybridized carbons (Fsp3) is 0.400. The van der Waals surface area contributed by atoms with Gasteiger partial charge in [-0.3, -0.25) is 33.6 Å². The normalized spacial score (nSPS) is 29.2. The molecule has 7 amide bonds. The van der Waals surface area contributed by atoms with Crippen LogP contribution in [0.25, 0.3) is 11.1 Å². The van der Waals surface area contributed by atoms with Crippen LogP contribution in [0.5, 0.6) is 46.0 Å². The van der Waals surface area contributed by atoms with Gasteiger partial charge in [-0.2, -0.15) is 0 Å². The SMILES string of the molecule is CN[C@H](CC(C)C)C(=O)N[C@H]1C(=O)N[C@@H](CC(N)=O)C(=O)N[C@H]2C(=O)N[C@H]3C(=O)N[C@H](C(=O)N[C@@H](C(=O)O)c4cc(O)cc(O)c4-c4cc3ccc4O)[C@H](O)c3ccc(c(Cl)c3)Oc3cc2cc(c3O[C@@H]2O[C@H](CO)[C@@H](O[C@@H]3O[C@H](C=O)[C@H](O)[C@H](O)[C@H]3O)[C@H](O)[C@H]2O)Oc2ccc(cc2Cl)[C@H]1O. The van der Waals surface area contributed by atoms with Crippen LogP contribution < -0.4 is 57.2 Å². The molecule has 7 heterocycles. The van der Waals surface area contributed by atoms with Gasteiger partial charge in [0.1, 0.15) is 120 Å². The monoisotopic (exact) mass is 1460 g/mol. The fourth-order valence-electron chi connectivity index (χ4n) is 12.1. The number of nitrogens with two attached hydrogens (primary N) is 1. The first-order chi connectivity index (χ1) is 48.3. The Morgan fingerprint density at radius 3 is 1.83 bits per heavy atom. The van der Waals surface area contributed by atoms with Gasteiger partial charge in [0.15, 0.2) is 30.1 Å². The van der Waals surface area contributed by atoms with E-state index in [-0.39, 0.29) is 35.3 Å². The number of aromatic hydroxyl groups is 3. The Balaban J connectivity index is 1.20. The Hall–Kier alpha value is -9.57. The number of likely N-dealkylation sites (N-methyl/N-ethyl adjacent to an activating group) is 1. The van der Waals surface area contributed by atoms with Crippen molar-refractivity contribution in [2.45, 2.75) is 143 Å². The van der Waals surface area contributed by atoms with Gasteiger partial charge in [-0.25, -0.2) is 4.79 Å². The number of carboxylic acids is 1. The summed E-state index contributed by atoms with van der Waals surface area (Å²) in [6.07, 6.45) is -25.9. The van der Waals surface area contributed by atoms with E-state index in [0.29, 0.717) is 0 Å². The van der Waals surface area contributed by atoms with E-state index in [9.17, 15) is 90.0 Å². The topological polar surface area (TPSA) is 562 Å². The molecule has 12 rings (SSSR count). The summed E-state index contributed by atoms with van der Waals surface area (Å²) >= 11 is 14.0. The van der Waals surface area contributed by atoms with Crippen molar-refractivity contribution >= 4 is 76.8 Å². The predicted octanol–water partition coefficient (Wildman–Crippen LogP) is -2.10. The standard InChI is InChI=1S/C65H70Cl2N8O27/c1-21(2)10-31(69-3)57(89)74-46-48(82)23-5-8-35(29(66)12-23)97-37-14-25-15-38(55(37)101-65-54(88)52(86)56(40(20-77)100-65)102-64-53(87)51(85)50(84)39(19-76)99-64)98-36-9-6-24(13-30(36)67)49(83)47-62(94)73-45(63(95)96)28-16-26(78)17-34(80)42(28)27-11-22(4-7-33(27)79)43(59(91)75-47)72-60(92)44(25)71-58(90)32(18-41(68)81)70-61(46)93/h4-9,11-17,19,21,31-32,39-40,43-54,56,64-65,69,77-80,82-88H,10,18,20H2,1-3H3,(H2,68,81)(H,70,93)(H,71,90)(H,72,92)(H,73,94)(H,74,89)(H,75,91)(H,95,96)/t31-,32+,39-,40-,43-,44-,45-,46-,47+,48-,49-,50+,51+,52-,53-,54-,56-,64+,65+/m1/s1. The second kappa shape index (κ2) is 30.9. The lowest BCUT2D eigenvalue weighted by molar-refractivity contribution is -0.346. The number of ether oxygens (including phenoxy) is 6. The van der Waals surface area contributed by atoms with Crippen molar-refractivity contribution in [3.05, 3.63) is 117 Å². The summed E-state index contributed by atoms with van der Waals surface area (Å²) in [5.74, 6) is -16.7. The Bertz CT molecular complexity index is 4110. The molecule has 7 aliphatic heterocycles. The number of aliphatic carboxylic acids is 1. The molecule has 0 radical (unpaired) electrons. The Morgan fingerprint density at radius 2 is 1.25 bits per heavy atom. The molecule has 102 heavy (non-hydrogen) atoms. The molecule has 0 aromatic heterocycles. The van der Waals surface area contributed by atoms with Gasteiger partial charge in [0.25, 0.3) is 0 Å². The van der Waals surface area contributed by atoms with E-state index in [0.717, 1.165) is 72.8 Å². The van der Waals surface area contributed by atoms with Crippen LogP contribution in [0.15, 0.2) is 78.9 Å². The number of halogens is 2. The van der Waals surface area contributed by atoms with Crippen molar-refractivity contribution in [3.8, 4) is 57.1 Å². The number of aliphatic hydroxyl groups is 8. The van der Waals surface area contributed by atoms with Crippen LogP contribution in [0, 0.1) is 5.92 Å². The number of fused-ring (bicyclic) bond motifs is 15. The first kappa shape index (κ1) is 75.1. The lowest BCUT2D eigenvalue weighted by Gasteiger charge is -2.45. The number of benzene rings is 5. The summed E-state index contributed by atoms with van der Waals surface area (Å²) in [4.78, 5) is 128. The largest absolute Gasteiger partial charge is 0.508 e. The van der Waals surface area contributed by atoms with Gasteiger partial charge in [-0.1, -0.05) is 55.2 Å². The summed E-state index contributed by atoms with van der Waals surface area (Å²) in [5.41, 5.74) is 2.63. The van der Waals surface area contributed by atoms with E-state index >= 15 is 14.4 Å². The number of phenolic OH excluding ortho intramolecular Hbond substituents is 3. The van der Waals surface area contributed by atoms with E-state index in [1.165, 1.54) is 13.1 Å². The van der Waals surface area contributed by atoms with Gasteiger partial charge < -0.3 is 137 Å². The van der Waals surface area contributed by atoms with E-state index in [1.54, 1.807) is 13.8 Å². The molecule has 5 aromatic carbocycles. The minimum Gasteiger partial charge on any atom is -0.508 e. The van der Waals surface area contributed by atoms with E-state index in [2.05, 4.69) is 37.2 Å². The van der Waals surface area contributed by atoms with Crippen LogP contribution in [-0.2, 0) is 57.4 Å². The maximum absolute atomic E-state index is 15.9. The number of carboxylic acid groups (broad SMARTS) is 1. The molecule has 21 N–H and O–H groups in total. The number of phenols is 3. The summed E-state index contributed by atoms with van der Waals surface area (Å²) in [6.45, 7) is 2.48. The van der Waals surface area contributed by atoms with Crippen molar-refractivity contribution in [1.82, 2.24) is 37.2 Å². The molecular formula is C65H70Cl2N8O27. The number of hydrogen-bond acceptors (Lipinski definition) is 27. The zero-order valence-corrected chi connectivity index (χ0v) is 55.1. The molecule has 0 aliphatic carbocycles. The van der Waals surface area contributed by atoms with Crippen molar-refractivity contribution in [3.63, 3.8) is 0 Å². The van der Waals surface area contributed by atoms with Gasteiger partial charge in [-0.05, 0) is 96.2 Å². The van der Waals surface area contributed by atoms with Crippen molar-refractivity contribution < 1.29 is 133 Å². The van der Waals surface area contributed by atoms with Crippen LogP contribution >= 0.6 is 23.2 Å². The second-order valence-corrected chi connectivity index (χ2v) is 25.7. The highest BCUT2D eigenvalue weighted by Crippen LogP contribution is 2.50. The zero-order valence-electron chi connectivity index (χ0n) is 53.6. The first-order valence-electron chi connectivity index (χ1n) is 31.3. The Kier molecular flexibility index (Phi) is 22.8. The number of hydrogen-bond donors (Lipinski definition) is 20.